The summed E-state index contributed by atoms with van der Waals surface area (Å²) in [6, 6.07) is 12.9. The number of hydrogen-bond donors (Lipinski definition) is 0. The lowest BCUT2D eigenvalue weighted by atomic mass is 9.74. The van der Waals surface area contributed by atoms with E-state index in [4.69, 9.17) is 9.47 Å². The smallest absolute Gasteiger partial charge is 0.348 e. The van der Waals surface area contributed by atoms with Gasteiger partial charge in [-0.1, -0.05) is 30.3 Å². The van der Waals surface area contributed by atoms with E-state index in [1.54, 1.807) is 11.3 Å². The lowest BCUT2D eigenvalue weighted by Gasteiger charge is -2.48. The SMILES string of the molecule is COC(=O)c1cc2c(s1)CCC(c1ccccc1)(N1CCOCC1)C2. The average molecular weight is 357 g/mol. The Balaban J connectivity index is 1.73. The lowest BCUT2D eigenvalue weighted by molar-refractivity contribution is -0.0310. The molecule has 2 aliphatic rings. The van der Waals surface area contributed by atoms with E-state index in [1.807, 2.05) is 6.07 Å². The van der Waals surface area contributed by atoms with Crippen molar-refractivity contribution in [2.24, 2.45) is 0 Å². The van der Waals surface area contributed by atoms with Crippen LogP contribution in [0.4, 0.5) is 0 Å². The van der Waals surface area contributed by atoms with E-state index < -0.39 is 0 Å². The van der Waals surface area contributed by atoms with Crippen LogP contribution in [0.25, 0.3) is 0 Å². The predicted octanol–water partition coefficient (Wildman–Crippen LogP) is 3.25. The molecule has 1 aliphatic carbocycles. The molecule has 2 heterocycles. The van der Waals surface area contributed by atoms with Gasteiger partial charge < -0.3 is 9.47 Å². The molecule has 132 valence electrons. The minimum absolute atomic E-state index is 0.00744. The Hall–Kier alpha value is -1.69. The molecular formula is C20H23NO3S. The first kappa shape index (κ1) is 16.8. The highest BCUT2D eigenvalue weighted by molar-refractivity contribution is 7.14. The summed E-state index contributed by atoms with van der Waals surface area (Å²) in [4.78, 5) is 16.6. The van der Waals surface area contributed by atoms with Crippen molar-refractivity contribution in [3.63, 3.8) is 0 Å². The van der Waals surface area contributed by atoms with E-state index in [0.717, 1.165) is 50.4 Å². The topological polar surface area (TPSA) is 38.8 Å². The molecule has 2 aromatic rings. The molecule has 0 spiro atoms. The van der Waals surface area contributed by atoms with Gasteiger partial charge in [-0.05, 0) is 36.5 Å². The maximum absolute atomic E-state index is 11.9. The van der Waals surface area contributed by atoms with Crippen LogP contribution >= 0.6 is 11.3 Å². The van der Waals surface area contributed by atoms with E-state index in [1.165, 1.54) is 23.1 Å². The zero-order chi connectivity index (χ0) is 17.3. The number of thiophene rings is 1. The number of benzene rings is 1. The summed E-state index contributed by atoms with van der Waals surface area (Å²) in [6.07, 6.45) is 3.02. The fourth-order valence-electron chi connectivity index (χ4n) is 4.19. The Kier molecular flexibility index (Phi) is 4.63. The minimum atomic E-state index is -0.226. The Labute approximate surface area is 152 Å². The highest BCUT2D eigenvalue weighted by Crippen LogP contribution is 2.44. The van der Waals surface area contributed by atoms with Crippen molar-refractivity contribution in [2.75, 3.05) is 33.4 Å². The van der Waals surface area contributed by atoms with Gasteiger partial charge >= 0.3 is 5.97 Å². The van der Waals surface area contributed by atoms with Crippen molar-refractivity contribution < 1.29 is 14.3 Å². The number of methoxy groups -OCH3 is 1. The molecule has 1 fully saturated rings. The first-order valence-electron chi connectivity index (χ1n) is 8.81. The molecule has 5 heteroatoms. The summed E-state index contributed by atoms with van der Waals surface area (Å²) in [5.74, 6) is -0.226. The summed E-state index contributed by atoms with van der Waals surface area (Å²) in [6.45, 7) is 3.49. The second kappa shape index (κ2) is 6.90. The van der Waals surface area contributed by atoms with Crippen molar-refractivity contribution in [3.8, 4) is 0 Å². The Bertz CT molecular complexity index is 752. The normalized spacial score (nSPS) is 23.9. The molecule has 1 aromatic heterocycles. The number of rotatable bonds is 3. The lowest BCUT2D eigenvalue weighted by Crippen LogP contribution is -2.54. The number of fused-ring (bicyclic) bond motifs is 1. The average Bonchev–Trinajstić information content (AvgIpc) is 3.11. The Morgan fingerprint density at radius 1 is 1.24 bits per heavy atom. The number of morpholine rings is 1. The largest absolute Gasteiger partial charge is 0.465 e. The van der Waals surface area contributed by atoms with Crippen LogP contribution in [0.15, 0.2) is 36.4 Å². The van der Waals surface area contributed by atoms with Gasteiger partial charge in [0.1, 0.15) is 4.88 Å². The Morgan fingerprint density at radius 2 is 2.00 bits per heavy atom. The van der Waals surface area contributed by atoms with Crippen LogP contribution in [0.1, 0.15) is 32.1 Å². The molecule has 1 saturated heterocycles. The highest BCUT2D eigenvalue weighted by atomic mass is 32.1. The maximum atomic E-state index is 11.9. The molecule has 25 heavy (non-hydrogen) atoms. The Morgan fingerprint density at radius 3 is 2.72 bits per heavy atom. The number of esters is 1. The van der Waals surface area contributed by atoms with Gasteiger partial charge in [0.05, 0.1) is 25.9 Å². The molecule has 0 N–H and O–H groups in total. The maximum Gasteiger partial charge on any atom is 0.348 e. The van der Waals surface area contributed by atoms with Gasteiger partial charge in [-0.3, -0.25) is 4.90 Å². The van der Waals surface area contributed by atoms with Gasteiger partial charge in [0, 0.05) is 18.0 Å². The molecule has 1 aromatic carbocycles. The monoisotopic (exact) mass is 357 g/mol. The van der Waals surface area contributed by atoms with Crippen molar-refractivity contribution in [1.29, 1.82) is 0 Å². The summed E-state index contributed by atoms with van der Waals surface area (Å²) < 4.78 is 10.5. The third-order valence-corrected chi connectivity index (χ3v) is 6.68. The summed E-state index contributed by atoms with van der Waals surface area (Å²) in [5.41, 5.74) is 2.66. The van der Waals surface area contributed by atoms with Crippen LogP contribution < -0.4 is 0 Å². The molecule has 0 saturated carbocycles. The quantitative estimate of drug-likeness (QED) is 0.791. The fraction of sp³-hybridized carbons (Fsp3) is 0.450. The summed E-state index contributed by atoms with van der Waals surface area (Å²) >= 11 is 1.59. The van der Waals surface area contributed by atoms with Crippen molar-refractivity contribution in [3.05, 3.63) is 57.3 Å². The third-order valence-electron chi connectivity index (χ3n) is 5.46. The van der Waals surface area contributed by atoms with E-state index in [0.29, 0.717) is 0 Å². The van der Waals surface area contributed by atoms with E-state index in [2.05, 4.69) is 35.2 Å². The second-order valence-electron chi connectivity index (χ2n) is 6.72. The zero-order valence-electron chi connectivity index (χ0n) is 14.5. The van der Waals surface area contributed by atoms with Gasteiger partial charge in [0.15, 0.2) is 0 Å². The first-order chi connectivity index (χ1) is 12.2. The number of aryl methyl sites for hydroxylation is 1. The van der Waals surface area contributed by atoms with Crippen LogP contribution in [0.2, 0.25) is 0 Å². The number of carbonyl (C=O) groups excluding carboxylic acids is 1. The van der Waals surface area contributed by atoms with Crippen LogP contribution in [-0.2, 0) is 27.9 Å². The third kappa shape index (κ3) is 3.01. The highest BCUT2D eigenvalue weighted by Gasteiger charge is 2.42. The number of hydrogen-bond acceptors (Lipinski definition) is 5. The number of nitrogens with zero attached hydrogens (tertiary/aromatic N) is 1. The van der Waals surface area contributed by atoms with Gasteiger partial charge in [-0.15, -0.1) is 11.3 Å². The molecule has 1 unspecified atom stereocenters. The fourth-order valence-corrected chi connectivity index (χ4v) is 5.29. The molecular weight excluding hydrogens is 334 g/mol. The summed E-state index contributed by atoms with van der Waals surface area (Å²) in [7, 11) is 1.45. The van der Waals surface area contributed by atoms with Crippen LogP contribution in [0.3, 0.4) is 0 Å². The summed E-state index contributed by atoms with van der Waals surface area (Å²) in [5, 5.41) is 0. The van der Waals surface area contributed by atoms with Gasteiger partial charge in [-0.2, -0.15) is 0 Å². The van der Waals surface area contributed by atoms with Gasteiger partial charge in [0.2, 0.25) is 0 Å². The van der Waals surface area contributed by atoms with Crippen LogP contribution in [0.5, 0.6) is 0 Å². The van der Waals surface area contributed by atoms with Crippen molar-refractivity contribution in [1.82, 2.24) is 4.90 Å². The predicted molar refractivity (Wildman–Crippen MR) is 98.2 cm³/mol. The molecule has 1 aliphatic heterocycles. The first-order valence-corrected chi connectivity index (χ1v) is 9.63. The number of carbonyl (C=O) groups is 1. The van der Waals surface area contributed by atoms with Gasteiger partial charge in [-0.25, -0.2) is 4.79 Å². The molecule has 1 atom stereocenters. The minimum Gasteiger partial charge on any atom is -0.465 e. The molecule has 4 nitrogen and oxygen atoms in total. The molecule has 0 radical (unpaired) electrons. The number of ether oxygens (including phenoxy) is 2. The van der Waals surface area contributed by atoms with E-state index in [9.17, 15) is 4.79 Å². The molecule has 0 bridgehead atoms. The molecule has 0 amide bonds. The molecule has 4 rings (SSSR count). The van der Waals surface area contributed by atoms with E-state index >= 15 is 0 Å². The van der Waals surface area contributed by atoms with Crippen LogP contribution in [0, 0.1) is 0 Å². The van der Waals surface area contributed by atoms with E-state index in [-0.39, 0.29) is 11.5 Å². The van der Waals surface area contributed by atoms with Crippen molar-refractivity contribution in [2.45, 2.75) is 24.8 Å². The zero-order valence-corrected chi connectivity index (χ0v) is 15.3. The van der Waals surface area contributed by atoms with Crippen molar-refractivity contribution >= 4 is 17.3 Å². The van der Waals surface area contributed by atoms with Gasteiger partial charge in [0.25, 0.3) is 0 Å². The van der Waals surface area contributed by atoms with Crippen LogP contribution in [-0.4, -0.2) is 44.3 Å². The standard InChI is InChI=1S/C20H23NO3S/c1-23-19(22)18-13-15-14-20(8-7-17(15)25-18,16-5-3-2-4-6-16)21-9-11-24-12-10-21/h2-6,13H,7-12,14H2,1H3. The second-order valence-corrected chi connectivity index (χ2v) is 7.86.